The summed E-state index contributed by atoms with van der Waals surface area (Å²) in [6, 6.07) is 0. The maximum Gasteiger partial charge on any atom is 0.394 e. The van der Waals surface area contributed by atoms with Gasteiger partial charge in [0.1, 0.15) is 5.78 Å². The Morgan fingerprint density at radius 3 is 1.36 bits per heavy atom. The van der Waals surface area contributed by atoms with E-state index in [1.807, 2.05) is 13.8 Å². The molecule has 2 N–H and O–H groups in total. The van der Waals surface area contributed by atoms with Crippen LogP contribution in [0, 0.1) is 0 Å². The van der Waals surface area contributed by atoms with E-state index in [0.717, 1.165) is 0 Å². The average Bonchev–Trinajstić information content (AvgIpc) is 1.83. The zero-order valence-electron chi connectivity index (χ0n) is 6.44. The summed E-state index contributed by atoms with van der Waals surface area (Å²) >= 11 is 0. The molecule has 0 radical (unpaired) electrons. The summed E-state index contributed by atoms with van der Waals surface area (Å²) in [5, 5.41) is 0. The molecular weight excluding hydrogens is 172 g/mol. The van der Waals surface area contributed by atoms with Gasteiger partial charge in [0, 0.05) is 12.8 Å². The Hall–Kier alpha value is -0.460. The van der Waals surface area contributed by atoms with E-state index in [9.17, 15) is 4.79 Å². The predicted octanol–water partition coefficient (Wildman–Crippen LogP) is 0.723. The van der Waals surface area contributed by atoms with Crippen molar-refractivity contribution in [2.45, 2.75) is 26.7 Å². The summed E-state index contributed by atoms with van der Waals surface area (Å²) in [6.45, 7) is 3.76. The number of hydrogen-bond acceptors (Lipinski definition) is 3. The molecule has 0 amide bonds. The second kappa shape index (κ2) is 6.26. The maximum atomic E-state index is 10.2. The molecule has 11 heavy (non-hydrogen) atoms. The highest BCUT2D eigenvalue weighted by atomic mass is 32.3. The Kier molecular flexibility index (Phi) is 7.49. The van der Waals surface area contributed by atoms with Crippen LogP contribution in [0.25, 0.3) is 0 Å². The van der Waals surface area contributed by atoms with Crippen LogP contribution in [0.15, 0.2) is 0 Å². The van der Waals surface area contributed by atoms with Crippen LogP contribution in [0.5, 0.6) is 0 Å². The van der Waals surface area contributed by atoms with Crippen molar-refractivity contribution in [3.8, 4) is 0 Å². The highest BCUT2D eigenvalue weighted by Crippen LogP contribution is 1.83. The Labute approximate surface area is 66.0 Å². The highest BCUT2D eigenvalue weighted by Gasteiger charge is 1.86. The van der Waals surface area contributed by atoms with Gasteiger partial charge in [0.05, 0.1) is 0 Å². The van der Waals surface area contributed by atoms with Gasteiger partial charge in [-0.15, -0.1) is 0 Å². The minimum atomic E-state index is -4.67. The summed E-state index contributed by atoms with van der Waals surface area (Å²) in [6.07, 6.45) is 1.38. The molecule has 68 valence electrons. The van der Waals surface area contributed by atoms with Crippen LogP contribution in [0.2, 0.25) is 0 Å². The summed E-state index contributed by atoms with van der Waals surface area (Å²) in [5.74, 6) is 0.343. The molecule has 0 aliphatic heterocycles. The van der Waals surface area contributed by atoms with Crippen LogP contribution >= 0.6 is 0 Å². The molecule has 0 aromatic heterocycles. The smallest absolute Gasteiger partial charge is 0.300 e. The molecule has 6 heteroatoms. The lowest BCUT2D eigenvalue weighted by Gasteiger charge is -1.81. The lowest BCUT2D eigenvalue weighted by Crippen LogP contribution is -1.89. The first-order chi connectivity index (χ1) is 4.81. The van der Waals surface area contributed by atoms with Gasteiger partial charge in [-0.05, 0) is 0 Å². The van der Waals surface area contributed by atoms with E-state index in [2.05, 4.69) is 0 Å². The SMILES string of the molecule is CCC(=O)CC.O=S(=O)(O)O. The van der Waals surface area contributed by atoms with E-state index in [1.54, 1.807) is 0 Å². The van der Waals surface area contributed by atoms with Crippen LogP contribution in [-0.4, -0.2) is 23.3 Å². The Balaban J connectivity index is 0. The second-order valence-electron chi connectivity index (χ2n) is 1.69. The summed E-state index contributed by atoms with van der Waals surface area (Å²) < 4.78 is 31.6. The molecule has 0 aliphatic rings. The Bertz CT molecular complexity index is 179. The van der Waals surface area contributed by atoms with Crippen molar-refractivity contribution in [1.82, 2.24) is 0 Å². The van der Waals surface area contributed by atoms with E-state index >= 15 is 0 Å². The molecule has 0 unspecified atom stereocenters. The number of ketones is 1. The van der Waals surface area contributed by atoms with Gasteiger partial charge >= 0.3 is 10.4 Å². The number of carbonyl (C=O) groups is 1. The standard InChI is InChI=1S/C5H10O.H2O4S/c1-3-5(6)4-2;1-5(2,3)4/h3-4H2,1-2H3;(H2,1,2,3,4). The van der Waals surface area contributed by atoms with E-state index in [-0.39, 0.29) is 0 Å². The Morgan fingerprint density at radius 2 is 1.36 bits per heavy atom. The largest absolute Gasteiger partial charge is 0.394 e. The fourth-order valence-corrected chi connectivity index (χ4v) is 0.250. The highest BCUT2D eigenvalue weighted by molar-refractivity contribution is 7.79. The van der Waals surface area contributed by atoms with Crippen LogP contribution in [0.4, 0.5) is 0 Å². The molecule has 0 fully saturated rings. The van der Waals surface area contributed by atoms with Crippen LogP contribution < -0.4 is 0 Å². The van der Waals surface area contributed by atoms with Crippen molar-refractivity contribution in [2.24, 2.45) is 0 Å². The molecule has 0 atom stereocenters. The molecule has 0 bridgehead atoms. The normalized spacial score (nSPS) is 9.82. The molecule has 0 aromatic carbocycles. The number of hydrogen-bond donors (Lipinski definition) is 2. The van der Waals surface area contributed by atoms with Crippen molar-refractivity contribution in [1.29, 1.82) is 0 Å². The fraction of sp³-hybridized carbons (Fsp3) is 0.800. The van der Waals surface area contributed by atoms with Crippen LogP contribution in [0.3, 0.4) is 0 Å². The molecule has 0 aromatic rings. The van der Waals surface area contributed by atoms with Crippen molar-refractivity contribution < 1.29 is 22.3 Å². The molecule has 0 heterocycles. The first kappa shape index (κ1) is 13.2. The average molecular weight is 184 g/mol. The van der Waals surface area contributed by atoms with Crippen molar-refractivity contribution in [2.75, 3.05) is 0 Å². The van der Waals surface area contributed by atoms with Gasteiger partial charge in [-0.25, -0.2) is 0 Å². The van der Waals surface area contributed by atoms with Crippen LogP contribution in [-0.2, 0) is 15.2 Å². The number of carbonyl (C=O) groups excluding carboxylic acids is 1. The summed E-state index contributed by atoms with van der Waals surface area (Å²) in [4.78, 5) is 10.2. The lowest BCUT2D eigenvalue weighted by molar-refractivity contribution is -0.118. The molecule has 0 spiro atoms. The predicted molar refractivity (Wildman–Crippen MR) is 39.8 cm³/mol. The molecule has 0 aliphatic carbocycles. The van der Waals surface area contributed by atoms with E-state index in [1.165, 1.54) is 0 Å². The Morgan fingerprint density at radius 1 is 1.18 bits per heavy atom. The lowest BCUT2D eigenvalue weighted by atomic mass is 10.3. The van der Waals surface area contributed by atoms with Gasteiger partial charge in [-0.2, -0.15) is 8.42 Å². The van der Waals surface area contributed by atoms with Crippen molar-refractivity contribution >= 4 is 16.2 Å². The topological polar surface area (TPSA) is 91.7 Å². The monoisotopic (exact) mass is 184 g/mol. The fourth-order valence-electron chi connectivity index (χ4n) is 0.250. The zero-order chi connectivity index (χ0) is 9.49. The molecular formula is C5H12O5S. The van der Waals surface area contributed by atoms with E-state index in [0.29, 0.717) is 18.6 Å². The minimum absolute atomic E-state index is 0.343. The zero-order valence-corrected chi connectivity index (χ0v) is 7.26. The van der Waals surface area contributed by atoms with Gasteiger partial charge in [-0.1, -0.05) is 13.8 Å². The third kappa shape index (κ3) is 43.3. The van der Waals surface area contributed by atoms with E-state index in [4.69, 9.17) is 17.5 Å². The quantitative estimate of drug-likeness (QED) is 0.617. The molecule has 5 nitrogen and oxygen atoms in total. The van der Waals surface area contributed by atoms with Crippen molar-refractivity contribution in [3.63, 3.8) is 0 Å². The molecule has 0 rings (SSSR count). The number of Topliss-reactive ketones (excluding diaryl/α,β-unsaturated/α-hetero) is 1. The summed E-state index contributed by atoms with van der Waals surface area (Å²) in [5.41, 5.74) is 0. The van der Waals surface area contributed by atoms with Gasteiger partial charge in [0.25, 0.3) is 0 Å². The second-order valence-corrected chi connectivity index (χ2v) is 2.59. The van der Waals surface area contributed by atoms with Crippen LogP contribution in [0.1, 0.15) is 26.7 Å². The first-order valence-electron chi connectivity index (χ1n) is 3.02. The third-order valence-corrected chi connectivity index (χ3v) is 0.789. The number of rotatable bonds is 2. The van der Waals surface area contributed by atoms with E-state index < -0.39 is 10.4 Å². The summed E-state index contributed by atoms with van der Waals surface area (Å²) in [7, 11) is -4.67. The first-order valence-corrected chi connectivity index (χ1v) is 4.42. The van der Waals surface area contributed by atoms with Gasteiger partial charge in [0.2, 0.25) is 0 Å². The molecule has 0 saturated carbocycles. The van der Waals surface area contributed by atoms with Gasteiger partial charge in [0.15, 0.2) is 0 Å². The van der Waals surface area contributed by atoms with Gasteiger partial charge < -0.3 is 0 Å². The van der Waals surface area contributed by atoms with Crippen molar-refractivity contribution in [3.05, 3.63) is 0 Å². The maximum absolute atomic E-state index is 10.2. The third-order valence-electron chi connectivity index (χ3n) is 0.789. The van der Waals surface area contributed by atoms with Gasteiger partial charge in [-0.3, -0.25) is 13.9 Å². The molecule has 0 saturated heterocycles. The minimum Gasteiger partial charge on any atom is -0.300 e.